The Morgan fingerprint density at radius 1 is 1.50 bits per heavy atom. The number of nitrogens with one attached hydrogen (secondary N) is 1. The van der Waals surface area contributed by atoms with Crippen LogP contribution in [0.4, 0.5) is 0 Å². The average molecular weight is 418 g/mol. The van der Waals surface area contributed by atoms with Gasteiger partial charge in [-0.25, -0.2) is 9.98 Å². The van der Waals surface area contributed by atoms with Crippen LogP contribution in [0, 0.1) is 5.92 Å². The minimum atomic E-state index is 0. The van der Waals surface area contributed by atoms with Crippen LogP contribution < -0.4 is 15.8 Å². The van der Waals surface area contributed by atoms with Gasteiger partial charge in [-0.2, -0.15) is 0 Å². The van der Waals surface area contributed by atoms with E-state index in [0.717, 1.165) is 30.9 Å². The number of guanidine groups is 1. The molecule has 0 radical (unpaired) electrons. The minimum Gasteiger partial charge on any atom is -0.477 e. The number of halogens is 1. The average Bonchev–Trinajstić information content (AvgIpc) is 2.45. The number of nitrogens with two attached hydrogens (primary N) is 1. The fraction of sp³-hybridized carbons (Fsp3) is 0.625. The number of hydrogen-bond acceptors (Lipinski definition) is 3. The zero-order valence-electron chi connectivity index (χ0n) is 13.3. The molecule has 124 valence electrons. The molecule has 1 aromatic heterocycles. The lowest BCUT2D eigenvalue weighted by atomic mass is 9.85. The molecule has 0 saturated heterocycles. The fourth-order valence-corrected chi connectivity index (χ4v) is 2.16. The maximum atomic E-state index is 5.90. The van der Waals surface area contributed by atoms with Gasteiger partial charge in [-0.15, -0.1) is 24.0 Å². The zero-order valence-corrected chi connectivity index (χ0v) is 15.6. The van der Waals surface area contributed by atoms with Crippen molar-refractivity contribution in [3.05, 3.63) is 23.9 Å². The largest absolute Gasteiger partial charge is 0.477 e. The summed E-state index contributed by atoms with van der Waals surface area (Å²) in [6.07, 6.45) is 7.84. The lowest BCUT2D eigenvalue weighted by Gasteiger charge is -2.25. The Labute approximate surface area is 150 Å². The number of hydrogen-bond donors (Lipinski definition) is 2. The van der Waals surface area contributed by atoms with Crippen molar-refractivity contribution in [2.75, 3.05) is 13.2 Å². The van der Waals surface area contributed by atoms with Gasteiger partial charge in [0.15, 0.2) is 5.96 Å². The van der Waals surface area contributed by atoms with E-state index in [4.69, 9.17) is 10.5 Å². The highest BCUT2D eigenvalue weighted by molar-refractivity contribution is 14.0. The maximum absolute atomic E-state index is 5.90. The van der Waals surface area contributed by atoms with Crippen LogP contribution in [-0.2, 0) is 6.54 Å². The van der Waals surface area contributed by atoms with Crippen molar-refractivity contribution in [1.29, 1.82) is 0 Å². The van der Waals surface area contributed by atoms with E-state index in [1.54, 1.807) is 6.20 Å². The molecule has 2 rings (SSSR count). The fourth-order valence-electron chi connectivity index (χ4n) is 2.16. The van der Waals surface area contributed by atoms with Crippen LogP contribution in [0.3, 0.4) is 0 Å². The summed E-state index contributed by atoms with van der Waals surface area (Å²) < 4.78 is 5.69. The lowest BCUT2D eigenvalue weighted by molar-refractivity contribution is 0.294. The van der Waals surface area contributed by atoms with Crippen LogP contribution >= 0.6 is 24.0 Å². The van der Waals surface area contributed by atoms with Gasteiger partial charge < -0.3 is 15.8 Å². The van der Waals surface area contributed by atoms with E-state index in [-0.39, 0.29) is 24.0 Å². The molecule has 0 unspecified atom stereocenters. The Balaban J connectivity index is 0.00000242. The van der Waals surface area contributed by atoms with Gasteiger partial charge in [-0.3, -0.25) is 0 Å². The molecule has 0 spiro atoms. The molecule has 0 atom stereocenters. The molecule has 1 saturated carbocycles. The summed E-state index contributed by atoms with van der Waals surface area (Å²) in [6, 6.07) is 3.88. The molecule has 1 fully saturated rings. The highest BCUT2D eigenvalue weighted by Gasteiger charge is 2.16. The van der Waals surface area contributed by atoms with E-state index < -0.39 is 0 Å². The van der Waals surface area contributed by atoms with Gasteiger partial charge in [-0.1, -0.05) is 25.8 Å². The van der Waals surface area contributed by atoms with Gasteiger partial charge in [0.25, 0.3) is 0 Å². The third kappa shape index (κ3) is 6.37. The molecular formula is C16H27IN4O. The third-order valence-electron chi connectivity index (χ3n) is 3.80. The van der Waals surface area contributed by atoms with Crippen molar-refractivity contribution in [1.82, 2.24) is 10.3 Å². The third-order valence-corrected chi connectivity index (χ3v) is 3.80. The molecule has 0 bridgehead atoms. The zero-order chi connectivity index (χ0) is 14.9. The summed E-state index contributed by atoms with van der Waals surface area (Å²) in [5.74, 6) is 1.94. The van der Waals surface area contributed by atoms with Gasteiger partial charge in [0, 0.05) is 18.3 Å². The minimum absolute atomic E-state index is 0. The van der Waals surface area contributed by atoms with Crippen LogP contribution in [-0.4, -0.2) is 24.1 Å². The van der Waals surface area contributed by atoms with Crippen molar-refractivity contribution < 1.29 is 4.74 Å². The maximum Gasteiger partial charge on any atom is 0.218 e. The van der Waals surface area contributed by atoms with E-state index in [9.17, 15) is 0 Å². The predicted molar refractivity (Wildman–Crippen MR) is 101 cm³/mol. The molecule has 6 heteroatoms. The topological polar surface area (TPSA) is 72.5 Å². The SMILES string of the molecule is CCCCOc1ncccc1CN=C(N)NCC1CCC1.I. The first kappa shape index (κ1) is 19.0. The molecule has 0 amide bonds. The first-order valence-corrected chi connectivity index (χ1v) is 7.90. The van der Waals surface area contributed by atoms with Crippen LogP contribution in [0.1, 0.15) is 44.6 Å². The van der Waals surface area contributed by atoms with E-state index in [1.807, 2.05) is 12.1 Å². The van der Waals surface area contributed by atoms with Crippen molar-refractivity contribution >= 4 is 29.9 Å². The van der Waals surface area contributed by atoms with Gasteiger partial charge in [0.1, 0.15) is 0 Å². The predicted octanol–water partition coefficient (Wildman–Crippen LogP) is 3.08. The Kier molecular flexibility index (Phi) is 9.19. The number of aromatic nitrogens is 1. The Morgan fingerprint density at radius 3 is 3.00 bits per heavy atom. The van der Waals surface area contributed by atoms with Gasteiger partial charge in [0.2, 0.25) is 5.88 Å². The molecule has 1 heterocycles. The molecule has 1 aliphatic carbocycles. The first-order valence-electron chi connectivity index (χ1n) is 7.90. The summed E-state index contributed by atoms with van der Waals surface area (Å²) in [5, 5.41) is 3.19. The highest BCUT2D eigenvalue weighted by atomic mass is 127. The molecule has 5 nitrogen and oxygen atoms in total. The Morgan fingerprint density at radius 2 is 2.32 bits per heavy atom. The van der Waals surface area contributed by atoms with Crippen molar-refractivity contribution in [2.24, 2.45) is 16.6 Å². The molecule has 0 aromatic carbocycles. The monoisotopic (exact) mass is 418 g/mol. The van der Waals surface area contributed by atoms with Crippen LogP contribution in [0.15, 0.2) is 23.3 Å². The van der Waals surface area contributed by atoms with Crippen molar-refractivity contribution in [2.45, 2.75) is 45.6 Å². The Hall–Kier alpha value is -1.05. The molecule has 1 aromatic rings. The second-order valence-corrected chi connectivity index (χ2v) is 5.55. The number of unbranched alkanes of at least 4 members (excludes halogenated alkanes) is 1. The summed E-state index contributed by atoms with van der Waals surface area (Å²) in [4.78, 5) is 8.65. The summed E-state index contributed by atoms with van der Waals surface area (Å²) in [7, 11) is 0. The number of ether oxygens (including phenoxy) is 1. The van der Waals surface area contributed by atoms with E-state index in [1.165, 1.54) is 19.3 Å². The molecule has 0 aliphatic heterocycles. The quantitative estimate of drug-likeness (QED) is 0.295. The smallest absolute Gasteiger partial charge is 0.218 e. The number of pyridine rings is 1. The van der Waals surface area contributed by atoms with Crippen molar-refractivity contribution in [3.63, 3.8) is 0 Å². The summed E-state index contributed by atoms with van der Waals surface area (Å²) in [6.45, 7) is 4.27. The van der Waals surface area contributed by atoms with Gasteiger partial charge in [0.05, 0.1) is 13.2 Å². The standard InChI is InChI=1S/C16H26N4O.HI/c1-2-3-10-21-15-14(8-5-9-18-15)12-20-16(17)19-11-13-6-4-7-13;/h5,8-9,13H,2-4,6-7,10-12H2,1H3,(H3,17,19,20);1H. The lowest BCUT2D eigenvalue weighted by Crippen LogP contribution is -2.37. The number of nitrogens with zero attached hydrogens (tertiary/aromatic N) is 2. The van der Waals surface area contributed by atoms with Gasteiger partial charge in [-0.05, 0) is 31.2 Å². The van der Waals surface area contributed by atoms with Crippen LogP contribution in [0.5, 0.6) is 5.88 Å². The normalized spacial score (nSPS) is 14.9. The Bertz CT molecular complexity index is 463. The summed E-state index contributed by atoms with van der Waals surface area (Å²) in [5.41, 5.74) is 6.87. The van der Waals surface area contributed by atoms with Crippen molar-refractivity contribution in [3.8, 4) is 5.88 Å². The second kappa shape index (κ2) is 10.6. The number of aliphatic imine (C=N–C) groups is 1. The first-order chi connectivity index (χ1) is 10.3. The molecule has 3 N–H and O–H groups in total. The van der Waals surface area contributed by atoms with E-state index in [2.05, 4.69) is 22.2 Å². The number of rotatable bonds is 8. The van der Waals surface area contributed by atoms with E-state index in [0.29, 0.717) is 25.0 Å². The van der Waals surface area contributed by atoms with Crippen LogP contribution in [0.2, 0.25) is 0 Å². The molecule has 22 heavy (non-hydrogen) atoms. The molecule has 1 aliphatic rings. The molecular weight excluding hydrogens is 391 g/mol. The summed E-state index contributed by atoms with van der Waals surface area (Å²) >= 11 is 0. The van der Waals surface area contributed by atoms with Gasteiger partial charge >= 0.3 is 0 Å². The van der Waals surface area contributed by atoms with E-state index >= 15 is 0 Å². The highest BCUT2D eigenvalue weighted by Crippen LogP contribution is 2.25. The van der Waals surface area contributed by atoms with Crippen LogP contribution in [0.25, 0.3) is 0 Å². The second-order valence-electron chi connectivity index (χ2n) is 5.55.